The van der Waals surface area contributed by atoms with Gasteiger partial charge in [0.25, 0.3) is 5.91 Å². The number of aliphatic hydroxyl groups excluding tert-OH is 1. The summed E-state index contributed by atoms with van der Waals surface area (Å²) < 4.78 is 24.7. The molecule has 120 valence electrons. The standard InChI is InChI=1S/C16H15FN2O4/c17-9-3-1-2-8-4-5-10(18-13(8)9)16(21)19-11-6-22-15-12(20)7-23-14(11)15/h1-5,11-12,14-15,20H,6-7H2,(H,19,21)/t11-,12-,14-,15-/m1/s1. The first-order valence-electron chi connectivity index (χ1n) is 7.41. The molecule has 2 N–H and O–H groups in total. The molecule has 2 aliphatic rings. The summed E-state index contributed by atoms with van der Waals surface area (Å²) in [6.45, 7) is 0.460. The van der Waals surface area contributed by atoms with Crippen LogP contribution in [0.2, 0.25) is 0 Å². The van der Waals surface area contributed by atoms with Gasteiger partial charge in [0.1, 0.15) is 35.3 Å². The van der Waals surface area contributed by atoms with Crippen LogP contribution in [0.3, 0.4) is 0 Å². The number of aromatic nitrogens is 1. The summed E-state index contributed by atoms with van der Waals surface area (Å²) in [4.78, 5) is 16.5. The molecule has 0 radical (unpaired) electrons. The number of nitrogens with one attached hydrogen (secondary N) is 1. The van der Waals surface area contributed by atoms with E-state index in [0.29, 0.717) is 5.39 Å². The molecule has 2 aliphatic heterocycles. The fourth-order valence-electron chi connectivity index (χ4n) is 3.08. The normalized spacial score (nSPS) is 29.7. The molecule has 0 aliphatic carbocycles. The van der Waals surface area contributed by atoms with Crippen LogP contribution in [0.4, 0.5) is 4.39 Å². The van der Waals surface area contributed by atoms with Crippen molar-refractivity contribution < 1.29 is 23.8 Å². The van der Waals surface area contributed by atoms with Crippen LogP contribution in [0.1, 0.15) is 10.5 Å². The zero-order chi connectivity index (χ0) is 16.0. The summed E-state index contributed by atoms with van der Waals surface area (Å²) >= 11 is 0. The maximum atomic E-state index is 13.8. The van der Waals surface area contributed by atoms with Crippen LogP contribution >= 0.6 is 0 Å². The number of amides is 1. The molecule has 0 saturated carbocycles. The molecular weight excluding hydrogens is 303 g/mol. The van der Waals surface area contributed by atoms with Crippen LogP contribution in [0.5, 0.6) is 0 Å². The van der Waals surface area contributed by atoms with Gasteiger partial charge in [-0.3, -0.25) is 4.79 Å². The van der Waals surface area contributed by atoms with E-state index < -0.39 is 23.9 Å². The monoisotopic (exact) mass is 318 g/mol. The highest BCUT2D eigenvalue weighted by atomic mass is 19.1. The first-order chi connectivity index (χ1) is 11.1. The number of carbonyl (C=O) groups excluding carboxylic acids is 1. The van der Waals surface area contributed by atoms with Crippen molar-refractivity contribution in [2.75, 3.05) is 13.2 Å². The van der Waals surface area contributed by atoms with Crippen LogP contribution in [0, 0.1) is 5.82 Å². The number of rotatable bonds is 2. The summed E-state index contributed by atoms with van der Waals surface area (Å²) in [5, 5.41) is 13.1. The minimum Gasteiger partial charge on any atom is -0.388 e. The minimum absolute atomic E-state index is 0.129. The molecule has 23 heavy (non-hydrogen) atoms. The highest BCUT2D eigenvalue weighted by Crippen LogP contribution is 2.27. The average molecular weight is 318 g/mol. The van der Waals surface area contributed by atoms with Crippen LogP contribution in [-0.2, 0) is 9.47 Å². The Hall–Kier alpha value is -2.09. The SMILES string of the molecule is O=C(N[C@@H]1CO[C@H]2[C@@H]1OC[C@H]2O)c1ccc2cccc(F)c2n1. The van der Waals surface area contributed by atoms with Gasteiger partial charge in [0.05, 0.1) is 19.3 Å². The van der Waals surface area contributed by atoms with E-state index in [1.807, 2.05) is 0 Å². The number of halogens is 1. The van der Waals surface area contributed by atoms with Crippen molar-refractivity contribution >= 4 is 16.8 Å². The third-order valence-electron chi connectivity index (χ3n) is 4.25. The van der Waals surface area contributed by atoms with Gasteiger partial charge in [0, 0.05) is 5.39 Å². The van der Waals surface area contributed by atoms with Gasteiger partial charge < -0.3 is 19.9 Å². The first kappa shape index (κ1) is 14.5. The van der Waals surface area contributed by atoms with Gasteiger partial charge in [-0.2, -0.15) is 0 Å². The second-order valence-corrected chi connectivity index (χ2v) is 5.75. The quantitative estimate of drug-likeness (QED) is 0.849. The zero-order valence-corrected chi connectivity index (χ0v) is 12.1. The van der Waals surface area contributed by atoms with Gasteiger partial charge >= 0.3 is 0 Å². The number of hydrogen-bond acceptors (Lipinski definition) is 5. The fourth-order valence-corrected chi connectivity index (χ4v) is 3.08. The lowest BCUT2D eigenvalue weighted by molar-refractivity contribution is 0.0178. The number of para-hydroxylation sites is 1. The fraction of sp³-hybridized carbons (Fsp3) is 0.375. The number of benzene rings is 1. The summed E-state index contributed by atoms with van der Waals surface area (Å²) in [6.07, 6.45) is -1.46. The molecule has 0 bridgehead atoms. The Morgan fingerprint density at radius 1 is 1.22 bits per heavy atom. The van der Waals surface area contributed by atoms with Gasteiger partial charge in [-0.1, -0.05) is 18.2 Å². The molecule has 4 rings (SSSR count). The third kappa shape index (κ3) is 2.46. The smallest absolute Gasteiger partial charge is 0.270 e. The minimum atomic E-state index is -0.671. The third-order valence-corrected chi connectivity index (χ3v) is 4.25. The van der Waals surface area contributed by atoms with Gasteiger partial charge in [0.2, 0.25) is 0 Å². The summed E-state index contributed by atoms with van der Waals surface area (Å²) in [5.74, 6) is -0.891. The van der Waals surface area contributed by atoms with Crippen molar-refractivity contribution in [2.45, 2.75) is 24.4 Å². The number of hydrogen-bond donors (Lipinski definition) is 2. The van der Waals surface area contributed by atoms with E-state index in [1.54, 1.807) is 24.3 Å². The van der Waals surface area contributed by atoms with Gasteiger partial charge in [-0.25, -0.2) is 9.37 Å². The van der Waals surface area contributed by atoms with Crippen molar-refractivity contribution in [1.29, 1.82) is 0 Å². The van der Waals surface area contributed by atoms with Crippen LogP contribution in [0.25, 0.3) is 10.9 Å². The lowest BCUT2D eigenvalue weighted by atomic mass is 10.1. The maximum Gasteiger partial charge on any atom is 0.270 e. The molecule has 1 aromatic carbocycles. The van der Waals surface area contributed by atoms with Crippen molar-refractivity contribution in [3.63, 3.8) is 0 Å². The molecule has 1 amide bonds. The Balaban J connectivity index is 1.54. The molecule has 7 heteroatoms. The highest BCUT2D eigenvalue weighted by molar-refractivity contribution is 5.95. The van der Waals surface area contributed by atoms with E-state index in [4.69, 9.17) is 9.47 Å². The Labute approximate surface area is 131 Å². The van der Waals surface area contributed by atoms with Crippen molar-refractivity contribution in [2.24, 2.45) is 0 Å². The lowest BCUT2D eigenvalue weighted by Gasteiger charge is -2.17. The Morgan fingerprint density at radius 2 is 2.04 bits per heavy atom. The number of carbonyl (C=O) groups is 1. The average Bonchev–Trinajstić information content (AvgIpc) is 3.11. The molecule has 0 unspecified atom stereocenters. The summed E-state index contributed by atoms with van der Waals surface area (Å²) in [7, 11) is 0. The molecule has 2 saturated heterocycles. The van der Waals surface area contributed by atoms with E-state index in [1.165, 1.54) is 6.07 Å². The molecule has 4 atom stereocenters. The zero-order valence-electron chi connectivity index (χ0n) is 12.1. The number of nitrogens with zero attached hydrogens (tertiary/aromatic N) is 1. The van der Waals surface area contributed by atoms with Gasteiger partial charge in [-0.05, 0) is 12.1 Å². The van der Waals surface area contributed by atoms with Crippen molar-refractivity contribution in [3.05, 3.63) is 41.8 Å². The van der Waals surface area contributed by atoms with Crippen LogP contribution in [0.15, 0.2) is 30.3 Å². The lowest BCUT2D eigenvalue weighted by Crippen LogP contribution is -2.44. The second-order valence-electron chi connectivity index (χ2n) is 5.75. The molecule has 2 aromatic rings. The predicted octanol–water partition coefficient (Wildman–Crippen LogP) is 0.631. The van der Waals surface area contributed by atoms with Crippen LogP contribution < -0.4 is 5.32 Å². The number of ether oxygens (including phenoxy) is 2. The number of pyridine rings is 1. The van der Waals surface area contributed by atoms with Gasteiger partial charge in [-0.15, -0.1) is 0 Å². The maximum absolute atomic E-state index is 13.8. The molecule has 1 aromatic heterocycles. The molecule has 6 nitrogen and oxygen atoms in total. The predicted molar refractivity (Wildman–Crippen MR) is 78.4 cm³/mol. The second kappa shape index (κ2) is 5.52. The molecule has 3 heterocycles. The molecular formula is C16H15FN2O4. The van der Waals surface area contributed by atoms with Gasteiger partial charge in [0.15, 0.2) is 0 Å². The Bertz CT molecular complexity index is 769. The Morgan fingerprint density at radius 3 is 2.91 bits per heavy atom. The van der Waals surface area contributed by atoms with Crippen molar-refractivity contribution in [1.82, 2.24) is 10.3 Å². The largest absolute Gasteiger partial charge is 0.388 e. The summed E-state index contributed by atoms with van der Waals surface area (Å²) in [6, 6.07) is 7.48. The summed E-state index contributed by atoms with van der Waals surface area (Å²) in [5.41, 5.74) is 0.290. The first-order valence-corrected chi connectivity index (χ1v) is 7.41. The molecule has 0 spiro atoms. The van der Waals surface area contributed by atoms with E-state index >= 15 is 0 Å². The van der Waals surface area contributed by atoms with E-state index in [-0.39, 0.29) is 36.6 Å². The van der Waals surface area contributed by atoms with Crippen LogP contribution in [-0.4, -0.2) is 53.6 Å². The van der Waals surface area contributed by atoms with E-state index in [9.17, 15) is 14.3 Å². The topological polar surface area (TPSA) is 80.7 Å². The van der Waals surface area contributed by atoms with Crippen molar-refractivity contribution in [3.8, 4) is 0 Å². The molecule has 2 fully saturated rings. The highest BCUT2D eigenvalue weighted by Gasteiger charge is 2.47. The Kier molecular flexibility index (Phi) is 3.48. The van der Waals surface area contributed by atoms with E-state index in [0.717, 1.165) is 0 Å². The number of fused-ring (bicyclic) bond motifs is 2. The number of aliphatic hydroxyl groups is 1. The van der Waals surface area contributed by atoms with E-state index in [2.05, 4.69) is 10.3 Å².